The summed E-state index contributed by atoms with van der Waals surface area (Å²) in [7, 11) is 3.94. The second-order valence-electron chi connectivity index (χ2n) is 3.79. The van der Waals surface area contributed by atoms with E-state index in [4.69, 9.17) is 0 Å². The van der Waals surface area contributed by atoms with Gasteiger partial charge in [0.2, 0.25) is 0 Å². The van der Waals surface area contributed by atoms with Gasteiger partial charge in [0.05, 0.1) is 0 Å². The zero-order valence-electron chi connectivity index (χ0n) is 10.00. The van der Waals surface area contributed by atoms with Crippen molar-refractivity contribution in [2.45, 2.75) is 11.2 Å². The van der Waals surface area contributed by atoms with Gasteiger partial charge in [0.15, 0.2) is 5.16 Å². The maximum atomic E-state index is 4.06. The Hall–Kier alpha value is -1.33. The normalized spacial score (nSPS) is 12.6. The minimum Gasteiger partial charge on any atom is -0.312 e. The lowest BCUT2D eigenvalue weighted by molar-refractivity contribution is 0.659. The van der Waals surface area contributed by atoms with Crippen molar-refractivity contribution < 1.29 is 0 Å². The first kappa shape index (κ1) is 12.1. The SMILES string of the molecule is CNC(CSc1nncn1C)c1ccccc1. The van der Waals surface area contributed by atoms with Crippen LogP contribution < -0.4 is 5.32 Å². The van der Waals surface area contributed by atoms with Crippen LogP contribution in [0.2, 0.25) is 0 Å². The topological polar surface area (TPSA) is 42.7 Å². The summed E-state index contributed by atoms with van der Waals surface area (Å²) >= 11 is 1.71. The summed E-state index contributed by atoms with van der Waals surface area (Å²) < 4.78 is 1.93. The first-order valence-corrected chi connectivity index (χ1v) is 6.49. The Labute approximate surface area is 105 Å². The number of nitrogens with one attached hydrogen (secondary N) is 1. The van der Waals surface area contributed by atoms with Crippen molar-refractivity contribution in [1.82, 2.24) is 20.1 Å². The first-order chi connectivity index (χ1) is 8.31. The van der Waals surface area contributed by atoms with E-state index in [9.17, 15) is 0 Å². The molecule has 0 spiro atoms. The smallest absolute Gasteiger partial charge is 0.190 e. The largest absolute Gasteiger partial charge is 0.312 e. The van der Waals surface area contributed by atoms with Gasteiger partial charge in [-0.1, -0.05) is 42.1 Å². The Morgan fingerprint density at radius 1 is 1.35 bits per heavy atom. The van der Waals surface area contributed by atoms with Crippen molar-refractivity contribution in [1.29, 1.82) is 0 Å². The summed E-state index contributed by atoms with van der Waals surface area (Å²) in [6.45, 7) is 0. The van der Waals surface area contributed by atoms with Gasteiger partial charge in [0.25, 0.3) is 0 Å². The minimum absolute atomic E-state index is 0.331. The van der Waals surface area contributed by atoms with Gasteiger partial charge in [-0.15, -0.1) is 10.2 Å². The Morgan fingerprint density at radius 2 is 2.12 bits per heavy atom. The molecule has 2 aromatic rings. The highest BCUT2D eigenvalue weighted by Gasteiger charge is 2.11. The molecule has 90 valence electrons. The van der Waals surface area contributed by atoms with Crippen molar-refractivity contribution in [2.24, 2.45) is 7.05 Å². The molecular weight excluding hydrogens is 232 g/mol. The summed E-state index contributed by atoms with van der Waals surface area (Å²) in [5.41, 5.74) is 1.30. The van der Waals surface area contributed by atoms with Gasteiger partial charge >= 0.3 is 0 Å². The molecule has 0 aliphatic carbocycles. The van der Waals surface area contributed by atoms with E-state index in [0.29, 0.717) is 6.04 Å². The van der Waals surface area contributed by atoms with E-state index >= 15 is 0 Å². The second-order valence-corrected chi connectivity index (χ2v) is 4.77. The molecule has 4 nitrogen and oxygen atoms in total. The van der Waals surface area contributed by atoms with Gasteiger partial charge in [-0.3, -0.25) is 0 Å². The molecular formula is C12H16N4S. The van der Waals surface area contributed by atoms with E-state index in [1.54, 1.807) is 18.1 Å². The fourth-order valence-electron chi connectivity index (χ4n) is 1.59. The van der Waals surface area contributed by atoms with Crippen molar-refractivity contribution >= 4 is 11.8 Å². The molecule has 1 N–H and O–H groups in total. The molecule has 17 heavy (non-hydrogen) atoms. The number of nitrogens with zero attached hydrogens (tertiary/aromatic N) is 3. The number of thioether (sulfide) groups is 1. The Kier molecular flexibility index (Phi) is 4.17. The van der Waals surface area contributed by atoms with Crippen LogP contribution in [0.5, 0.6) is 0 Å². The van der Waals surface area contributed by atoms with Gasteiger partial charge in [-0.05, 0) is 12.6 Å². The molecule has 1 aromatic heterocycles. The van der Waals surface area contributed by atoms with Crippen LogP contribution in [0, 0.1) is 0 Å². The summed E-state index contributed by atoms with van der Waals surface area (Å²) in [4.78, 5) is 0. The van der Waals surface area contributed by atoms with Gasteiger partial charge in [0.1, 0.15) is 6.33 Å². The molecule has 0 aliphatic heterocycles. The zero-order chi connectivity index (χ0) is 12.1. The second kappa shape index (κ2) is 5.84. The maximum Gasteiger partial charge on any atom is 0.190 e. The molecule has 1 heterocycles. The molecule has 0 bridgehead atoms. The van der Waals surface area contributed by atoms with Gasteiger partial charge in [0, 0.05) is 18.8 Å². The lowest BCUT2D eigenvalue weighted by Gasteiger charge is -2.15. The number of aromatic nitrogens is 3. The predicted octanol–water partition coefficient (Wildman–Crippen LogP) is 1.87. The Morgan fingerprint density at radius 3 is 2.71 bits per heavy atom. The molecule has 0 fully saturated rings. The fourth-order valence-corrected chi connectivity index (χ4v) is 2.62. The van der Waals surface area contributed by atoms with E-state index in [1.165, 1.54) is 5.56 Å². The van der Waals surface area contributed by atoms with Crippen molar-refractivity contribution in [2.75, 3.05) is 12.8 Å². The third-order valence-electron chi connectivity index (χ3n) is 2.60. The molecule has 1 unspecified atom stereocenters. The van der Waals surface area contributed by atoms with Crippen molar-refractivity contribution in [3.63, 3.8) is 0 Å². The average Bonchev–Trinajstić information content (AvgIpc) is 2.77. The molecule has 1 atom stereocenters. The molecule has 0 aliphatic rings. The van der Waals surface area contributed by atoms with Crippen LogP contribution in [0.3, 0.4) is 0 Å². The van der Waals surface area contributed by atoms with Gasteiger partial charge in [-0.25, -0.2) is 0 Å². The van der Waals surface area contributed by atoms with Crippen LogP contribution in [0.15, 0.2) is 41.8 Å². The van der Waals surface area contributed by atoms with E-state index in [1.807, 2.05) is 24.7 Å². The van der Waals surface area contributed by atoms with Crippen LogP contribution >= 0.6 is 11.8 Å². The van der Waals surface area contributed by atoms with Gasteiger partial charge < -0.3 is 9.88 Å². The highest BCUT2D eigenvalue weighted by atomic mass is 32.2. The maximum absolute atomic E-state index is 4.06. The van der Waals surface area contributed by atoms with E-state index in [0.717, 1.165) is 10.9 Å². The van der Waals surface area contributed by atoms with Crippen LogP contribution in [-0.4, -0.2) is 27.6 Å². The number of hydrogen-bond donors (Lipinski definition) is 1. The summed E-state index contributed by atoms with van der Waals surface area (Å²) in [5.74, 6) is 0.938. The number of benzene rings is 1. The summed E-state index contributed by atoms with van der Waals surface area (Å²) in [5, 5.41) is 12.2. The van der Waals surface area contributed by atoms with Crippen molar-refractivity contribution in [3.8, 4) is 0 Å². The summed E-state index contributed by atoms with van der Waals surface area (Å²) in [6.07, 6.45) is 1.72. The van der Waals surface area contributed by atoms with Gasteiger partial charge in [-0.2, -0.15) is 0 Å². The van der Waals surface area contributed by atoms with Crippen LogP contribution in [0.25, 0.3) is 0 Å². The fraction of sp³-hybridized carbons (Fsp3) is 0.333. The Balaban J connectivity index is 1.99. The molecule has 0 saturated heterocycles. The quantitative estimate of drug-likeness (QED) is 0.820. The zero-order valence-corrected chi connectivity index (χ0v) is 10.8. The van der Waals surface area contributed by atoms with Crippen LogP contribution in [-0.2, 0) is 7.05 Å². The lowest BCUT2D eigenvalue weighted by Crippen LogP contribution is -2.18. The number of aryl methyl sites for hydroxylation is 1. The first-order valence-electron chi connectivity index (χ1n) is 5.50. The van der Waals surface area contributed by atoms with Crippen molar-refractivity contribution in [3.05, 3.63) is 42.2 Å². The lowest BCUT2D eigenvalue weighted by atomic mass is 10.1. The standard InChI is InChI=1S/C12H16N4S/c1-13-11(10-6-4-3-5-7-10)8-17-12-15-14-9-16(12)2/h3-7,9,11,13H,8H2,1-2H3. The highest BCUT2D eigenvalue weighted by molar-refractivity contribution is 7.99. The molecule has 1 aromatic carbocycles. The van der Waals surface area contributed by atoms with E-state index in [-0.39, 0.29) is 0 Å². The van der Waals surface area contributed by atoms with Crippen LogP contribution in [0.4, 0.5) is 0 Å². The third-order valence-corrected chi connectivity index (χ3v) is 3.73. The molecule has 0 amide bonds. The van der Waals surface area contributed by atoms with E-state index in [2.05, 4.69) is 39.8 Å². The molecule has 0 saturated carbocycles. The monoisotopic (exact) mass is 248 g/mol. The van der Waals surface area contributed by atoms with Crippen LogP contribution in [0.1, 0.15) is 11.6 Å². The molecule has 5 heteroatoms. The minimum atomic E-state index is 0.331. The number of hydrogen-bond acceptors (Lipinski definition) is 4. The third kappa shape index (κ3) is 3.08. The highest BCUT2D eigenvalue weighted by Crippen LogP contribution is 2.22. The summed E-state index contributed by atoms with van der Waals surface area (Å²) in [6, 6.07) is 10.8. The predicted molar refractivity (Wildman–Crippen MR) is 70.0 cm³/mol. The molecule has 0 radical (unpaired) electrons. The van der Waals surface area contributed by atoms with E-state index < -0.39 is 0 Å². The Bertz CT molecular complexity index is 455. The average molecular weight is 248 g/mol. The molecule has 2 rings (SSSR count). The number of rotatable bonds is 5.